The van der Waals surface area contributed by atoms with E-state index in [0.29, 0.717) is 47.1 Å². The van der Waals surface area contributed by atoms with Gasteiger partial charge < -0.3 is 9.26 Å². The first-order chi connectivity index (χ1) is 14.8. The van der Waals surface area contributed by atoms with Crippen LogP contribution >= 0.6 is 11.6 Å². The van der Waals surface area contributed by atoms with Crippen molar-refractivity contribution >= 4 is 21.6 Å². The number of halogens is 1. The van der Waals surface area contributed by atoms with Crippen molar-refractivity contribution in [2.24, 2.45) is 5.92 Å². The fraction of sp³-hybridized carbons (Fsp3) is 0.364. The number of piperidine rings is 1. The normalized spacial score (nSPS) is 16.9. The topological polar surface area (TPSA) is 85.5 Å². The summed E-state index contributed by atoms with van der Waals surface area (Å²) in [4.78, 5) is 4.66. The molecule has 0 amide bonds. The number of benzene rings is 2. The summed E-state index contributed by atoms with van der Waals surface area (Å²) < 4.78 is 38.5. The largest absolute Gasteiger partial charge is 0.481 e. The van der Waals surface area contributed by atoms with E-state index < -0.39 is 16.1 Å². The van der Waals surface area contributed by atoms with Gasteiger partial charge in [-0.3, -0.25) is 0 Å². The van der Waals surface area contributed by atoms with Crippen molar-refractivity contribution in [2.45, 2.75) is 37.7 Å². The van der Waals surface area contributed by atoms with Crippen LogP contribution in [0, 0.1) is 5.92 Å². The summed E-state index contributed by atoms with van der Waals surface area (Å²) >= 11 is 5.98. The van der Waals surface area contributed by atoms with Crippen LogP contribution in [0.2, 0.25) is 5.02 Å². The molecule has 0 radical (unpaired) electrons. The van der Waals surface area contributed by atoms with Crippen molar-refractivity contribution in [1.82, 2.24) is 14.4 Å². The van der Waals surface area contributed by atoms with Crippen molar-refractivity contribution in [3.63, 3.8) is 0 Å². The van der Waals surface area contributed by atoms with Crippen LogP contribution < -0.4 is 4.74 Å². The van der Waals surface area contributed by atoms with E-state index in [1.54, 1.807) is 59.8 Å². The predicted octanol–water partition coefficient (Wildman–Crippen LogP) is 4.95. The summed E-state index contributed by atoms with van der Waals surface area (Å²) in [5, 5.41) is 4.58. The van der Waals surface area contributed by atoms with E-state index in [4.69, 9.17) is 20.9 Å². The van der Waals surface area contributed by atoms with Crippen molar-refractivity contribution in [1.29, 1.82) is 0 Å². The van der Waals surface area contributed by atoms with Gasteiger partial charge in [-0.1, -0.05) is 29.7 Å². The molecule has 1 aliphatic heterocycles. The monoisotopic (exact) mass is 461 g/mol. The molecule has 1 fully saturated rings. The van der Waals surface area contributed by atoms with Gasteiger partial charge in [0, 0.05) is 23.7 Å². The number of aromatic nitrogens is 2. The van der Waals surface area contributed by atoms with Crippen molar-refractivity contribution < 1.29 is 17.7 Å². The van der Waals surface area contributed by atoms with E-state index in [2.05, 4.69) is 17.1 Å². The number of rotatable bonds is 6. The third kappa shape index (κ3) is 4.92. The fourth-order valence-electron chi connectivity index (χ4n) is 3.46. The van der Waals surface area contributed by atoms with Gasteiger partial charge in [0.2, 0.25) is 15.8 Å². The molecule has 0 unspecified atom stereocenters. The first-order valence-electron chi connectivity index (χ1n) is 10.2. The Labute approximate surface area is 187 Å². The Kier molecular flexibility index (Phi) is 6.31. The molecule has 1 aliphatic rings. The summed E-state index contributed by atoms with van der Waals surface area (Å²) in [6.07, 6.45) is 1.30. The van der Waals surface area contributed by atoms with Gasteiger partial charge in [0.25, 0.3) is 5.89 Å². The van der Waals surface area contributed by atoms with E-state index in [1.807, 2.05) is 0 Å². The summed E-state index contributed by atoms with van der Waals surface area (Å²) in [5.41, 5.74) is 0.663. The van der Waals surface area contributed by atoms with Crippen molar-refractivity contribution in [3.05, 3.63) is 59.4 Å². The number of sulfonamides is 1. The zero-order chi connectivity index (χ0) is 22.0. The maximum atomic E-state index is 12.9. The van der Waals surface area contributed by atoms with Crippen molar-refractivity contribution in [2.75, 3.05) is 13.1 Å². The van der Waals surface area contributed by atoms with Crippen LogP contribution in [0.1, 0.15) is 38.7 Å². The first-order valence-corrected chi connectivity index (χ1v) is 12.0. The highest BCUT2D eigenvalue weighted by molar-refractivity contribution is 7.89. The van der Waals surface area contributed by atoms with E-state index >= 15 is 0 Å². The Morgan fingerprint density at radius 3 is 2.55 bits per heavy atom. The predicted molar refractivity (Wildman–Crippen MR) is 117 cm³/mol. The number of ether oxygens (including phenoxy) is 1. The quantitative estimate of drug-likeness (QED) is 0.516. The molecule has 3 aromatic rings. The number of nitrogens with zero attached hydrogens (tertiary/aromatic N) is 3. The third-order valence-electron chi connectivity index (χ3n) is 5.39. The minimum absolute atomic E-state index is 0.271. The number of hydrogen-bond donors (Lipinski definition) is 0. The Morgan fingerprint density at radius 1 is 1.16 bits per heavy atom. The van der Waals surface area contributed by atoms with E-state index in [1.165, 1.54) is 0 Å². The zero-order valence-electron chi connectivity index (χ0n) is 17.4. The van der Waals surface area contributed by atoms with Crippen molar-refractivity contribution in [3.8, 4) is 17.1 Å². The Morgan fingerprint density at radius 2 is 1.87 bits per heavy atom. The average molecular weight is 462 g/mol. The number of hydrogen-bond acceptors (Lipinski definition) is 6. The molecule has 0 saturated carbocycles. The Hall–Kier alpha value is -2.42. The molecule has 164 valence electrons. The molecule has 2 aromatic carbocycles. The Balaban J connectivity index is 1.47. The van der Waals surface area contributed by atoms with E-state index in [0.717, 1.165) is 12.8 Å². The second-order valence-electron chi connectivity index (χ2n) is 7.78. The Bertz CT molecular complexity index is 1140. The molecule has 7 nitrogen and oxygen atoms in total. The molecule has 4 rings (SSSR count). The lowest BCUT2D eigenvalue weighted by Crippen LogP contribution is -2.37. The average Bonchev–Trinajstić information content (AvgIpc) is 3.25. The van der Waals surface area contributed by atoms with Crippen LogP contribution in [0.5, 0.6) is 5.75 Å². The molecule has 1 saturated heterocycles. The highest BCUT2D eigenvalue weighted by Crippen LogP contribution is 2.27. The molecule has 1 atom stereocenters. The molecule has 9 heteroatoms. The van der Waals surface area contributed by atoms with Crippen LogP contribution in [0.15, 0.2) is 57.9 Å². The lowest BCUT2D eigenvalue weighted by molar-refractivity contribution is 0.176. The minimum atomic E-state index is -3.49. The van der Waals surface area contributed by atoms with Crippen LogP contribution in [-0.2, 0) is 10.0 Å². The summed E-state index contributed by atoms with van der Waals surface area (Å²) in [7, 11) is -3.49. The molecule has 1 aromatic heterocycles. The minimum Gasteiger partial charge on any atom is -0.481 e. The third-order valence-corrected chi connectivity index (χ3v) is 7.54. The zero-order valence-corrected chi connectivity index (χ0v) is 18.9. The van der Waals surface area contributed by atoms with E-state index in [-0.39, 0.29) is 4.90 Å². The lowest BCUT2D eigenvalue weighted by atomic mass is 10.0. The van der Waals surface area contributed by atoms with Gasteiger partial charge in [0.05, 0.1) is 4.90 Å². The molecule has 0 bridgehead atoms. The molecular formula is C22H24ClN3O4S. The molecule has 2 heterocycles. The van der Waals surface area contributed by atoms with Crippen LogP contribution in [-0.4, -0.2) is 36.0 Å². The highest BCUT2D eigenvalue weighted by Gasteiger charge is 2.28. The van der Waals surface area contributed by atoms with Gasteiger partial charge in [0.1, 0.15) is 5.75 Å². The molecule has 31 heavy (non-hydrogen) atoms. The molecule has 0 spiro atoms. The van der Waals surface area contributed by atoms with Crippen LogP contribution in [0.25, 0.3) is 11.4 Å². The molecular weight excluding hydrogens is 438 g/mol. The smallest absolute Gasteiger partial charge is 0.267 e. The SMILES string of the molecule is CC1CCN(S(=O)(=O)c2ccc(-c3noc([C@@H](C)Oc4cccc(Cl)c4)n3)cc2)CC1. The lowest BCUT2D eigenvalue weighted by Gasteiger charge is -2.29. The molecule has 0 N–H and O–H groups in total. The molecule has 0 aliphatic carbocycles. The van der Waals surface area contributed by atoms with Gasteiger partial charge >= 0.3 is 0 Å². The maximum Gasteiger partial charge on any atom is 0.267 e. The van der Waals surface area contributed by atoms with Crippen LogP contribution in [0.4, 0.5) is 0 Å². The van der Waals surface area contributed by atoms with E-state index in [9.17, 15) is 8.42 Å². The van der Waals surface area contributed by atoms with Crippen LogP contribution in [0.3, 0.4) is 0 Å². The maximum absolute atomic E-state index is 12.9. The van der Waals surface area contributed by atoms with Gasteiger partial charge in [-0.25, -0.2) is 8.42 Å². The second kappa shape index (κ2) is 8.98. The second-order valence-corrected chi connectivity index (χ2v) is 10.2. The fourth-order valence-corrected chi connectivity index (χ4v) is 5.11. The van der Waals surface area contributed by atoms with Gasteiger partial charge in [-0.2, -0.15) is 9.29 Å². The van der Waals surface area contributed by atoms with Gasteiger partial charge in [-0.15, -0.1) is 0 Å². The highest BCUT2D eigenvalue weighted by atomic mass is 35.5. The standard InChI is InChI=1S/C22H24ClN3O4S/c1-15-10-12-26(13-11-15)31(27,28)20-8-6-17(7-9-20)21-24-22(30-25-21)16(2)29-19-5-3-4-18(23)14-19/h3-9,14-16H,10-13H2,1-2H3/t16-/m1/s1. The summed E-state index contributed by atoms with van der Waals surface area (Å²) in [6.45, 7) is 5.07. The first kappa shape index (κ1) is 21.8. The summed E-state index contributed by atoms with van der Waals surface area (Å²) in [5.74, 6) is 1.84. The van der Waals surface area contributed by atoms with Gasteiger partial charge in [-0.05, 0) is 68.1 Å². The van der Waals surface area contributed by atoms with Gasteiger partial charge in [0.15, 0.2) is 6.10 Å². The summed E-state index contributed by atoms with van der Waals surface area (Å²) in [6, 6.07) is 13.6.